The van der Waals surface area contributed by atoms with Gasteiger partial charge >= 0.3 is 88.1 Å². The van der Waals surface area contributed by atoms with Gasteiger partial charge in [-0.2, -0.15) is 0 Å². The second-order valence-electron chi connectivity index (χ2n) is 6.66. The van der Waals surface area contributed by atoms with Gasteiger partial charge in [0.05, 0.1) is 16.1 Å². The van der Waals surface area contributed by atoms with E-state index in [1.807, 2.05) is 29.8 Å². The van der Waals surface area contributed by atoms with Gasteiger partial charge in [0, 0.05) is 5.56 Å². The number of carbonyl (C=O) groups is 1. The Bertz CT molecular complexity index is 1190. The van der Waals surface area contributed by atoms with Gasteiger partial charge in [0.2, 0.25) is 0 Å². The van der Waals surface area contributed by atoms with Gasteiger partial charge in [-0.3, -0.25) is 0 Å². The number of phenols is 1. The number of para-hydroxylation sites is 1. The average molecular weight is 512 g/mol. The van der Waals surface area contributed by atoms with Crippen molar-refractivity contribution in [3.05, 3.63) is 84.4 Å². The van der Waals surface area contributed by atoms with Crippen molar-refractivity contribution in [3.63, 3.8) is 0 Å². The molecule has 0 saturated heterocycles. The second kappa shape index (κ2) is 10.4. The van der Waals surface area contributed by atoms with Crippen LogP contribution in [0.25, 0.3) is 21.7 Å². The Morgan fingerprint density at radius 2 is 1.50 bits per heavy atom. The number of thiazole rings is 1. The first-order chi connectivity index (χ1) is 15.3. The van der Waals surface area contributed by atoms with Crippen LogP contribution in [-0.2, 0) is 8.53 Å². The molecule has 0 aliphatic carbocycles. The number of rotatable bonds is 4. The molecular weight excluding hydrogens is 491 g/mol. The molecule has 0 saturated carbocycles. The molecule has 3 aromatic carbocycles. The molecule has 9 heteroatoms. The summed E-state index contributed by atoms with van der Waals surface area (Å²) in [7, 11) is 0. The van der Waals surface area contributed by atoms with Crippen molar-refractivity contribution in [2.45, 2.75) is 6.92 Å². The molecule has 4 N–H and O–H groups in total. The van der Waals surface area contributed by atoms with Gasteiger partial charge in [0.15, 0.2) is 0 Å². The van der Waals surface area contributed by atoms with Crippen LogP contribution in [-0.4, -0.2) is 38.4 Å². The number of nitrogens with one attached hydrogen (secondary N) is 1. The standard InChI is InChI=1S/C15H11NS.C8H10AsNO5/c1-3-7-12(8-4-1)14-15(17-11-16-14)13-9-5-2-6-10-13;1-5(11)10-8-6(9(13,14)15)3-2-4-7(8)12/h1-11H;2-4,12H,1H3,(H,10,11)(H2,13,14,15). The van der Waals surface area contributed by atoms with E-state index in [-0.39, 0.29) is 15.8 Å². The summed E-state index contributed by atoms with van der Waals surface area (Å²) in [5.74, 6) is -0.880. The fourth-order valence-corrected chi connectivity index (χ4v) is 5.29. The summed E-state index contributed by atoms with van der Waals surface area (Å²) in [6.07, 6.45) is 0. The van der Waals surface area contributed by atoms with E-state index in [1.165, 1.54) is 41.1 Å². The minimum Gasteiger partial charge on any atom is -0.244 e. The van der Waals surface area contributed by atoms with E-state index in [1.54, 1.807) is 11.3 Å². The summed E-state index contributed by atoms with van der Waals surface area (Å²) in [4.78, 5) is 16.5. The van der Waals surface area contributed by atoms with Gasteiger partial charge < -0.3 is 0 Å². The maximum Gasteiger partial charge on any atom is 0.0890 e. The Balaban J connectivity index is 0.000000183. The number of carbonyl (C=O) groups excluding carboxylic acids is 1. The molecule has 164 valence electrons. The summed E-state index contributed by atoms with van der Waals surface area (Å²) in [5, 5.41) is 11.5. The summed E-state index contributed by atoms with van der Waals surface area (Å²) in [6, 6.07) is 24.4. The number of hydrogen-bond donors (Lipinski definition) is 4. The fourth-order valence-electron chi connectivity index (χ4n) is 2.92. The molecule has 1 aromatic heterocycles. The molecule has 4 rings (SSSR count). The maximum atomic E-state index is 11.1. The predicted molar refractivity (Wildman–Crippen MR) is 126 cm³/mol. The molecule has 0 spiro atoms. The number of aromatic nitrogens is 1. The molecule has 0 unspecified atom stereocenters. The first-order valence-corrected chi connectivity index (χ1v) is 13.7. The third-order valence-electron chi connectivity index (χ3n) is 4.29. The number of phenolic OH excluding ortho intramolecular Hbond substituents is 1. The Morgan fingerprint density at radius 3 is 2.06 bits per heavy atom. The van der Waals surface area contributed by atoms with Crippen molar-refractivity contribution in [1.82, 2.24) is 4.98 Å². The molecule has 0 atom stereocenters. The molecule has 1 amide bonds. The van der Waals surface area contributed by atoms with Crippen molar-refractivity contribution in [3.8, 4) is 27.4 Å². The summed E-state index contributed by atoms with van der Waals surface area (Å²) in [6.45, 7) is 1.18. The quantitative estimate of drug-likeness (QED) is 0.246. The smallest absolute Gasteiger partial charge is 0.0890 e. The van der Waals surface area contributed by atoms with Crippen LogP contribution < -0.4 is 9.67 Å². The number of amides is 1. The topological polar surface area (TPSA) is 120 Å². The number of hydrogen-bond acceptors (Lipinski definition) is 5. The molecule has 0 bridgehead atoms. The van der Waals surface area contributed by atoms with Crippen LogP contribution >= 0.6 is 11.3 Å². The van der Waals surface area contributed by atoms with E-state index < -0.39 is 20.1 Å². The monoisotopic (exact) mass is 512 g/mol. The zero-order valence-electron chi connectivity index (χ0n) is 17.0. The van der Waals surface area contributed by atoms with E-state index in [2.05, 4.69) is 46.7 Å². The number of nitrogens with zero attached hydrogens (tertiary/aromatic N) is 1. The van der Waals surface area contributed by atoms with Crippen molar-refractivity contribution >= 4 is 41.5 Å². The van der Waals surface area contributed by atoms with Gasteiger partial charge in [-0.05, 0) is 5.56 Å². The van der Waals surface area contributed by atoms with Crippen LogP contribution in [0.5, 0.6) is 5.75 Å². The Labute approximate surface area is 192 Å². The fraction of sp³-hybridized carbons (Fsp3) is 0.0435. The van der Waals surface area contributed by atoms with E-state index in [4.69, 9.17) is 8.19 Å². The van der Waals surface area contributed by atoms with Crippen LogP contribution in [0, 0.1) is 0 Å². The molecule has 4 aromatic rings. The van der Waals surface area contributed by atoms with Crippen LogP contribution in [0.3, 0.4) is 0 Å². The van der Waals surface area contributed by atoms with Crippen LogP contribution in [0.2, 0.25) is 0 Å². The molecule has 32 heavy (non-hydrogen) atoms. The summed E-state index contributed by atoms with van der Waals surface area (Å²) < 4.78 is 28.8. The molecule has 1 heterocycles. The van der Waals surface area contributed by atoms with Gasteiger partial charge in [-0.1, -0.05) is 60.7 Å². The van der Waals surface area contributed by atoms with E-state index >= 15 is 0 Å². The van der Waals surface area contributed by atoms with Crippen molar-refractivity contribution in [1.29, 1.82) is 0 Å². The molecule has 0 radical (unpaired) electrons. The van der Waals surface area contributed by atoms with E-state index in [0.29, 0.717) is 0 Å². The Kier molecular flexibility index (Phi) is 7.66. The van der Waals surface area contributed by atoms with Crippen molar-refractivity contribution < 1.29 is 21.8 Å². The third-order valence-corrected chi connectivity index (χ3v) is 7.26. The zero-order chi connectivity index (χ0) is 23.1. The Hall–Kier alpha value is -3.16. The van der Waals surface area contributed by atoms with Gasteiger partial charge in [0.1, 0.15) is 0 Å². The average Bonchev–Trinajstić information content (AvgIpc) is 3.26. The summed E-state index contributed by atoms with van der Waals surface area (Å²) >= 11 is -3.46. The van der Waals surface area contributed by atoms with Gasteiger partial charge in [-0.25, -0.2) is 4.98 Å². The van der Waals surface area contributed by atoms with Gasteiger partial charge in [0.25, 0.3) is 0 Å². The minimum atomic E-state index is -5.14. The van der Waals surface area contributed by atoms with Crippen molar-refractivity contribution in [2.24, 2.45) is 0 Å². The maximum absolute atomic E-state index is 11.1. The second-order valence-corrected chi connectivity index (χ2v) is 10.8. The molecule has 0 aliphatic heterocycles. The van der Waals surface area contributed by atoms with Crippen LogP contribution in [0.1, 0.15) is 6.92 Å². The first-order valence-electron chi connectivity index (χ1n) is 9.47. The van der Waals surface area contributed by atoms with E-state index in [0.717, 1.165) is 5.69 Å². The van der Waals surface area contributed by atoms with Crippen LogP contribution in [0.15, 0.2) is 84.4 Å². The zero-order valence-corrected chi connectivity index (χ0v) is 19.7. The van der Waals surface area contributed by atoms with E-state index in [9.17, 15) is 13.6 Å². The van der Waals surface area contributed by atoms with Crippen molar-refractivity contribution in [2.75, 3.05) is 5.32 Å². The predicted octanol–water partition coefficient (Wildman–Crippen LogP) is 3.39. The SMILES string of the molecule is CC(=O)Nc1c(O)cccc1[As](=O)(O)O.c1ccc(-c2ncsc2-c2ccccc2)cc1. The first kappa shape index (κ1) is 23.5. The molecule has 0 fully saturated rings. The number of aromatic hydroxyl groups is 1. The molecule has 7 nitrogen and oxygen atoms in total. The van der Waals surface area contributed by atoms with Gasteiger partial charge in [-0.15, -0.1) is 11.3 Å². The summed E-state index contributed by atoms with van der Waals surface area (Å²) in [5.41, 5.74) is 5.16. The Morgan fingerprint density at radius 1 is 0.906 bits per heavy atom. The number of benzene rings is 3. The minimum absolute atomic E-state index is 0.225. The third kappa shape index (κ3) is 5.96. The largest absolute Gasteiger partial charge is 0.244 e. The normalized spacial score (nSPS) is 10.7. The molecular formula is C23H21AsN2O5S. The molecule has 0 aliphatic rings. The van der Waals surface area contributed by atoms with Crippen LogP contribution in [0.4, 0.5) is 5.69 Å². The number of anilines is 1.